The number of hydrogen-bond acceptors (Lipinski definition) is 7. The summed E-state index contributed by atoms with van der Waals surface area (Å²) in [5, 5.41) is 34.4. The summed E-state index contributed by atoms with van der Waals surface area (Å²) in [4.78, 5) is 37.4. The number of carboxylic acids is 1. The molecule has 4 rings (SSSR count). The molecule has 0 radical (unpaired) electrons. The summed E-state index contributed by atoms with van der Waals surface area (Å²) in [6.07, 6.45) is 2.85. The number of nitrogens with zero attached hydrogens (tertiary/aromatic N) is 4. The quantitative estimate of drug-likeness (QED) is 0.585. The molecule has 1 saturated carbocycles. The number of hydrogen-bond donors (Lipinski definition) is 2. The molecule has 150 valence electrons. The van der Waals surface area contributed by atoms with Crippen LogP contribution in [0.4, 0.5) is 11.4 Å². The van der Waals surface area contributed by atoms with Crippen LogP contribution in [-0.2, 0) is 0 Å². The van der Waals surface area contributed by atoms with Crippen molar-refractivity contribution in [1.29, 1.82) is 5.26 Å². The maximum atomic E-state index is 12.8. The third-order valence-corrected chi connectivity index (χ3v) is 5.43. The van der Waals surface area contributed by atoms with Crippen molar-refractivity contribution in [2.75, 3.05) is 24.5 Å². The first-order valence-corrected chi connectivity index (χ1v) is 9.35. The zero-order valence-corrected chi connectivity index (χ0v) is 15.7. The smallest absolute Gasteiger partial charge is 0.341 e. The SMILES string of the molecule is CC1CN(c2c([N+](=O)[O-])cc3c(=O)c(C(=O)O)cn(C4CC4)c3c2C#N)CCN1. The van der Waals surface area contributed by atoms with E-state index in [0.717, 1.165) is 18.9 Å². The Morgan fingerprint density at radius 1 is 1.45 bits per heavy atom. The maximum absolute atomic E-state index is 12.8. The average molecular weight is 397 g/mol. The van der Waals surface area contributed by atoms with Gasteiger partial charge in [0.1, 0.15) is 22.9 Å². The minimum absolute atomic E-state index is 0.0282. The van der Waals surface area contributed by atoms with Crippen LogP contribution >= 0.6 is 0 Å². The summed E-state index contributed by atoms with van der Waals surface area (Å²) in [5.74, 6) is -1.40. The minimum atomic E-state index is -1.40. The second kappa shape index (κ2) is 6.86. The lowest BCUT2D eigenvalue weighted by Gasteiger charge is -2.34. The molecule has 0 spiro atoms. The van der Waals surface area contributed by atoms with Gasteiger partial charge in [0, 0.05) is 44.0 Å². The van der Waals surface area contributed by atoms with Crippen molar-refractivity contribution in [3.05, 3.63) is 43.7 Å². The zero-order valence-electron chi connectivity index (χ0n) is 15.7. The molecule has 10 nitrogen and oxygen atoms in total. The van der Waals surface area contributed by atoms with Crippen molar-refractivity contribution in [3.63, 3.8) is 0 Å². The van der Waals surface area contributed by atoms with Crippen LogP contribution < -0.4 is 15.6 Å². The van der Waals surface area contributed by atoms with Gasteiger partial charge in [0.25, 0.3) is 5.69 Å². The molecule has 1 atom stereocenters. The highest BCUT2D eigenvalue weighted by Crippen LogP contribution is 2.42. The van der Waals surface area contributed by atoms with Crippen LogP contribution in [0.5, 0.6) is 0 Å². The summed E-state index contributed by atoms with van der Waals surface area (Å²) in [6.45, 7) is 3.51. The number of nitrogens with one attached hydrogen (secondary N) is 1. The summed E-state index contributed by atoms with van der Waals surface area (Å²) >= 11 is 0. The number of aromatic carboxylic acids is 1. The molecule has 0 amide bonds. The van der Waals surface area contributed by atoms with E-state index in [1.165, 1.54) is 6.20 Å². The molecule has 29 heavy (non-hydrogen) atoms. The lowest BCUT2D eigenvalue weighted by atomic mass is 10.0. The van der Waals surface area contributed by atoms with Crippen molar-refractivity contribution in [1.82, 2.24) is 9.88 Å². The molecule has 2 aromatic rings. The number of carbonyl (C=O) groups is 1. The van der Waals surface area contributed by atoms with Gasteiger partial charge in [-0.2, -0.15) is 5.26 Å². The summed E-state index contributed by atoms with van der Waals surface area (Å²) in [5.41, 5.74) is -1.11. The van der Waals surface area contributed by atoms with Gasteiger partial charge >= 0.3 is 5.97 Å². The second-order valence-electron chi connectivity index (χ2n) is 7.50. The van der Waals surface area contributed by atoms with E-state index in [1.807, 2.05) is 6.92 Å². The number of aromatic nitrogens is 1. The van der Waals surface area contributed by atoms with E-state index in [2.05, 4.69) is 11.4 Å². The Balaban J connectivity index is 2.12. The van der Waals surface area contributed by atoms with Crippen molar-refractivity contribution in [3.8, 4) is 6.07 Å². The van der Waals surface area contributed by atoms with E-state index < -0.39 is 21.9 Å². The molecule has 1 aliphatic carbocycles. The highest BCUT2D eigenvalue weighted by atomic mass is 16.6. The molecule has 1 saturated heterocycles. The molecular formula is C19H19N5O5. The Bertz CT molecular complexity index is 1140. The molecule has 1 aromatic heterocycles. The highest BCUT2D eigenvalue weighted by molar-refractivity contribution is 5.99. The Labute approximate surface area is 165 Å². The summed E-state index contributed by atoms with van der Waals surface area (Å²) < 4.78 is 1.64. The Morgan fingerprint density at radius 2 is 2.17 bits per heavy atom. The Kier molecular flexibility index (Phi) is 4.47. The number of benzene rings is 1. The van der Waals surface area contributed by atoms with Crippen molar-refractivity contribution in [2.45, 2.75) is 31.8 Å². The second-order valence-corrected chi connectivity index (χ2v) is 7.50. The lowest BCUT2D eigenvalue weighted by molar-refractivity contribution is -0.384. The molecule has 1 aromatic carbocycles. The van der Waals surface area contributed by atoms with Crippen molar-refractivity contribution >= 4 is 28.2 Å². The van der Waals surface area contributed by atoms with Crippen molar-refractivity contribution < 1.29 is 14.8 Å². The number of anilines is 1. The minimum Gasteiger partial charge on any atom is -0.477 e. The van der Waals surface area contributed by atoms with Gasteiger partial charge in [0.2, 0.25) is 5.43 Å². The fourth-order valence-electron chi connectivity index (χ4n) is 3.99. The number of piperazine rings is 1. The van der Waals surface area contributed by atoms with Crippen molar-refractivity contribution in [2.24, 2.45) is 0 Å². The molecule has 2 N–H and O–H groups in total. The van der Waals surface area contributed by atoms with Gasteiger partial charge in [-0.25, -0.2) is 4.79 Å². The molecule has 10 heteroatoms. The number of pyridine rings is 1. The molecule has 2 heterocycles. The number of rotatable bonds is 4. The number of nitro benzene ring substituents is 1. The first-order chi connectivity index (χ1) is 13.8. The van der Waals surface area contributed by atoms with Gasteiger partial charge in [-0.15, -0.1) is 0 Å². The Morgan fingerprint density at radius 3 is 2.72 bits per heavy atom. The van der Waals surface area contributed by atoms with Crippen LogP contribution in [0.25, 0.3) is 10.9 Å². The molecular weight excluding hydrogens is 378 g/mol. The third kappa shape index (κ3) is 3.09. The van der Waals surface area contributed by atoms with Gasteiger partial charge in [-0.1, -0.05) is 0 Å². The van der Waals surface area contributed by atoms with Crippen LogP contribution in [0.15, 0.2) is 17.1 Å². The predicted molar refractivity (Wildman–Crippen MR) is 104 cm³/mol. The average Bonchev–Trinajstić information content (AvgIpc) is 3.51. The van der Waals surface area contributed by atoms with E-state index in [4.69, 9.17) is 0 Å². The molecule has 0 bridgehead atoms. The number of carboxylic acid groups (broad SMARTS) is 1. The fraction of sp³-hybridized carbons (Fsp3) is 0.421. The largest absolute Gasteiger partial charge is 0.477 e. The zero-order chi connectivity index (χ0) is 20.9. The van der Waals surface area contributed by atoms with Gasteiger partial charge in [-0.05, 0) is 19.8 Å². The maximum Gasteiger partial charge on any atom is 0.341 e. The first-order valence-electron chi connectivity index (χ1n) is 9.35. The van der Waals surface area contributed by atoms with E-state index in [-0.39, 0.29) is 39.9 Å². The monoisotopic (exact) mass is 397 g/mol. The van der Waals surface area contributed by atoms with Crippen LogP contribution in [0.2, 0.25) is 0 Å². The molecule has 2 aliphatic rings. The summed E-state index contributed by atoms with van der Waals surface area (Å²) in [6, 6.07) is 3.25. The number of nitriles is 1. The van der Waals surface area contributed by atoms with E-state index in [9.17, 15) is 30.1 Å². The highest BCUT2D eigenvalue weighted by Gasteiger charge is 2.34. The van der Waals surface area contributed by atoms with Gasteiger partial charge in [0.15, 0.2) is 0 Å². The van der Waals surface area contributed by atoms with Gasteiger partial charge in [-0.3, -0.25) is 14.9 Å². The van der Waals surface area contributed by atoms with Gasteiger partial charge < -0.3 is 19.9 Å². The summed E-state index contributed by atoms with van der Waals surface area (Å²) in [7, 11) is 0. The number of nitro groups is 1. The third-order valence-electron chi connectivity index (χ3n) is 5.43. The molecule has 2 fully saturated rings. The first kappa shape index (κ1) is 18.9. The van der Waals surface area contributed by atoms with Crippen LogP contribution in [0, 0.1) is 21.4 Å². The Hall–Kier alpha value is -3.45. The number of fused-ring (bicyclic) bond motifs is 1. The lowest BCUT2D eigenvalue weighted by Crippen LogP contribution is -2.49. The van der Waals surface area contributed by atoms with E-state index in [0.29, 0.717) is 19.6 Å². The fourth-order valence-corrected chi connectivity index (χ4v) is 3.99. The predicted octanol–water partition coefficient (Wildman–Crippen LogP) is 1.61. The molecule has 1 unspecified atom stereocenters. The standard InChI is InChI=1S/C19H19N5O5/c1-10-8-22(5-4-21-10)17-13(7-20)16-12(6-15(17)24(28)29)18(25)14(19(26)27)9-23(16)11-2-3-11/h6,9-11,21H,2-5,8H2,1H3,(H,26,27). The van der Waals surface area contributed by atoms with E-state index in [1.54, 1.807) is 9.47 Å². The normalized spacial score (nSPS) is 19.2. The topological polar surface area (TPSA) is 142 Å². The van der Waals surface area contributed by atoms with Crippen LogP contribution in [0.3, 0.4) is 0 Å². The van der Waals surface area contributed by atoms with Gasteiger partial charge in [0.05, 0.1) is 15.8 Å². The van der Waals surface area contributed by atoms with Crippen LogP contribution in [-0.4, -0.2) is 46.2 Å². The van der Waals surface area contributed by atoms with Crippen LogP contribution in [0.1, 0.15) is 41.7 Å². The molecule has 1 aliphatic heterocycles. The van der Waals surface area contributed by atoms with E-state index >= 15 is 0 Å².